The van der Waals surface area contributed by atoms with Gasteiger partial charge in [0.05, 0.1) is 47.3 Å². The second-order valence-corrected chi connectivity index (χ2v) is 13.5. The maximum absolute atomic E-state index is 14.9. The van der Waals surface area contributed by atoms with Gasteiger partial charge in [0.1, 0.15) is 17.7 Å². The van der Waals surface area contributed by atoms with Gasteiger partial charge < -0.3 is 29.7 Å². The highest BCUT2D eigenvalue weighted by molar-refractivity contribution is 6.34. The SMILES string of the molecule is C=CCCC(=O)N[C@H](C)[C@@H](OC(=O)[C@@H]1[C@H]2C(=O)N([C@@H](CC)CO)[C@H](C(=O)N(CC=C)c3c(C)cccc3Cl)[C@]23CC[C@H]1O3)c1ccccc1. The number of nitrogens with one attached hydrogen (secondary N) is 1. The molecule has 3 saturated heterocycles. The lowest BCUT2D eigenvalue weighted by Crippen LogP contribution is -2.59. The maximum atomic E-state index is 14.9. The van der Waals surface area contributed by atoms with Crippen LogP contribution in [0.1, 0.15) is 63.2 Å². The molecule has 3 heterocycles. The number of aliphatic hydroxyl groups excluding tert-OH is 1. The number of benzene rings is 2. The van der Waals surface area contributed by atoms with Crippen molar-refractivity contribution in [2.75, 3.05) is 18.1 Å². The summed E-state index contributed by atoms with van der Waals surface area (Å²) >= 11 is 6.65. The van der Waals surface area contributed by atoms with Crippen molar-refractivity contribution in [2.24, 2.45) is 11.8 Å². The van der Waals surface area contributed by atoms with Crippen LogP contribution in [0.5, 0.6) is 0 Å². The van der Waals surface area contributed by atoms with Crippen molar-refractivity contribution in [2.45, 2.75) is 88.8 Å². The summed E-state index contributed by atoms with van der Waals surface area (Å²) in [5.74, 6) is -3.71. The highest BCUT2D eigenvalue weighted by Crippen LogP contribution is 2.59. The minimum Gasteiger partial charge on any atom is -0.455 e. The lowest BCUT2D eigenvalue weighted by molar-refractivity contribution is -0.162. The third-order valence-electron chi connectivity index (χ3n) is 10.1. The van der Waals surface area contributed by atoms with Crippen LogP contribution in [-0.2, 0) is 28.7 Å². The van der Waals surface area contributed by atoms with Gasteiger partial charge in [0, 0.05) is 13.0 Å². The van der Waals surface area contributed by atoms with E-state index in [1.165, 1.54) is 9.80 Å². The quantitative estimate of drug-likeness (QED) is 0.197. The summed E-state index contributed by atoms with van der Waals surface area (Å²) in [6.07, 6.45) is 3.67. The Kier molecular flexibility index (Phi) is 11.3. The molecule has 8 atom stereocenters. The number of anilines is 1. The van der Waals surface area contributed by atoms with E-state index in [-0.39, 0.29) is 25.5 Å². The van der Waals surface area contributed by atoms with Crippen LogP contribution in [0, 0.1) is 18.8 Å². The summed E-state index contributed by atoms with van der Waals surface area (Å²) in [5.41, 5.74) is 0.612. The van der Waals surface area contributed by atoms with Crippen molar-refractivity contribution in [1.29, 1.82) is 0 Å². The fourth-order valence-electron chi connectivity index (χ4n) is 7.92. The van der Waals surface area contributed by atoms with Crippen molar-refractivity contribution < 1.29 is 33.8 Å². The molecule has 3 aliphatic heterocycles. The van der Waals surface area contributed by atoms with Crippen molar-refractivity contribution in [1.82, 2.24) is 10.2 Å². The first-order chi connectivity index (χ1) is 23.5. The van der Waals surface area contributed by atoms with E-state index in [0.717, 1.165) is 5.56 Å². The van der Waals surface area contributed by atoms with E-state index in [4.69, 9.17) is 21.1 Å². The molecule has 1 spiro atoms. The van der Waals surface area contributed by atoms with Gasteiger partial charge in [-0.1, -0.05) is 73.1 Å². The Bertz CT molecular complexity index is 1560. The molecule has 11 heteroatoms. The van der Waals surface area contributed by atoms with Gasteiger partial charge in [-0.05, 0) is 56.7 Å². The molecule has 49 heavy (non-hydrogen) atoms. The summed E-state index contributed by atoms with van der Waals surface area (Å²) in [6.45, 7) is 12.7. The first-order valence-electron chi connectivity index (χ1n) is 17.0. The number of esters is 1. The Labute approximate surface area is 293 Å². The number of carbonyl (C=O) groups excluding carboxylic acids is 4. The van der Waals surface area contributed by atoms with Crippen molar-refractivity contribution in [3.8, 4) is 0 Å². The van der Waals surface area contributed by atoms with Crippen LogP contribution in [0.25, 0.3) is 0 Å². The topological polar surface area (TPSA) is 125 Å². The van der Waals surface area contributed by atoms with Crippen LogP contribution in [-0.4, -0.2) is 76.7 Å². The molecule has 2 N–H and O–H groups in total. The van der Waals surface area contributed by atoms with E-state index in [1.54, 1.807) is 31.2 Å². The number of hydrogen-bond donors (Lipinski definition) is 2. The first-order valence-corrected chi connectivity index (χ1v) is 17.4. The smallest absolute Gasteiger partial charge is 0.313 e. The van der Waals surface area contributed by atoms with Crippen LogP contribution in [0.3, 0.4) is 0 Å². The second kappa shape index (κ2) is 15.3. The molecule has 0 aromatic heterocycles. The Morgan fingerprint density at radius 3 is 2.55 bits per heavy atom. The van der Waals surface area contributed by atoms with Crippen LogP contribution in [0.4, 0.5) is 5.69 Å². The van der Waals surface area contributed by atoms with Crippen molar-refractivity contribution in [3.63, 3.8) is 0 Å². The number of ether oxygens (including phenoxy) is 2. The molecule has 0 saturated carbocycles. The zero-order valence-electron chi connectivity index (χ0n) is 28.3. The number of allylic oxidation sites excluding steroid dienone is 1. The highest BCUT2D eigenvalue weighted by Gasteiger charge is 2.75. The zero-order valence-corrected chi connectivity index (χ0v) is 29.1. The van der Waals surface area contributed by atoms with E-state index in [2.05, 4.69) is 18.5 Å². The fourth-order valence-corrected chi connectivity index (χ4v) is 8.24. The number of aliphatic hydroxyl groups is 1. The van der Waals surface area contributed by atoms with Crippen LogP contribution in [0.2, 0.25) is 5.02 Å². The molecule has 3 aliphatic rings. The average Bonchev–Trinajstić information content (AvgIpc) is 3.74. The molecule has 0 unspecified atom stereocenters. The van der Waals surface area contributed by atoms with E-state index in [9.17, 15) is 24.3 Å². The predicted molar refractivity (Wildman–Crippen MR) is 187 cm³/mol. The first kappa shape index (κ1) is 36.3. The number of rotatable bonds is 15. The van der Waals surface area contributed by atoms with E-state index in [0.29, 0.717) is 42.0 Å². The molecule has 2 bridgehead atoms. The molecule has 2 aromatic carbocycles. The van der Waals surface area contributed by atoms with Crippen LogP contribution in [0.15, 0.2) is 73.8 Å². The summed E-state index contributed by atoms with van der Waals surface area (Å²) in [7, 11) is 0. The number of aryl methyl sites for hydroxylation is 1. The third kappa shape index (κ3) is 6.66. The third-order valence-corrected chi connectivity index (χ3v) is 10.5. The van der Waals surface area contributed by atoms with Crippen LogP contribution < -0.4 is 10.2 Å². The standard InChI is InChI=1S/C38H46ClN3O7/c1-6-9-18-29(44)40-24(5)33(25-15-11-10-12-16-25)48-37(47)30-28-19-20-38(49-28)31(30)35(45)42(26(8-3)22-43)34(38)36(46)41(21-7-2)32-23(4)14-13-17-27(32)39/h6-7,10-17,24,26,28,30-31,33-34,43H,1-2,8-9,18-22H2,3-5H3,(H,40,44)/t24-,26+,28-,30+,31+,33-,34-,38+/m1/s1. The van der Waals surface area contributed by atoms with Gasteiger partial charge in [0.2, 0.25) is 11.8 Å². The number of carbonyl (C=O) groups is 4. The molecule has 3 amide bonds. The maximum Gasteiger partial charge on any atom is 0.313 e. The number of para-hydroxylation sites is 1. The van der Waals surface area contributed by atoms with Gasteiger partial charge in [0.15, 0.2) is 0 Å². The van der Waals surface area contributed by atoms with E-state index < -0.39 is 65.6 Å². The highest BCUT2D eigenvalue weighted by atomic mass is 35.5. The van der Waals surface area contributed by atoms with Gasteiger partial charge in [-0.2, -0.15) is 0 Å². The average molecular weight is 692 g/mol. The minimum atomic E-state index is -1.33. The summed E-state index contributed by atoms with van der Waals surface area (Å²) in [6, 6.07) is 12.1. The summed E-state index contributed by atoms with van der Waals surface area (Å²) < 4.78 is 12.9. The normalized spacial score (nSPS) is 25.7. The number of fused-ring (bicyclic) bond motifs is 1. The molecule has 262 valence electrons. The minimum absolute atomic E-state index is 0.114. The molecular formula is C38H46ClN3O7. The molecule has 5 rings (SSSR count). The molecule has 10 nitrogen and oxygen atoms in total. The van der Waals surface area contributed by atoms with Crippen molar-refractivity contribution in [3.05, 3.63) is 90.0 Å². The van der Waals surface area contributed by atoms with E-state index in [1.807, 2.05) is 50.2 Å². The second-order valence-electron chi connectivity index (χ2n) is 13.1. The Morgan fingerprint density at radius 2 is 1.92 bits per heavy atom. The Morgan fingerprint density at radius 1 is 1.18 bits per heavy atom. The van der Waals surface area contributed by atoms with Gasteiger partial charge >= 0.3 is 5.97 Å². The van der Waals surface area contributed by atoms with Gasteiger partial charge in [-0.25, -0.2) is 0 Å². The number of likely N-dealkylation sites (tertiary alicyclic amines) is 1. The summed E-state index contributed by atoms with van der Waals surface area (Å²) in [5, 5.41) is 13.8. The fraction of sp³-hybridized carbons (Fsp3) is 0.474. The molecular weight excluding hydrogens is 646 g/mol. The van der Waals surface area contributed by atoms with Crippen molar-refractivity contribution >= 4 is 41.0 Å². The van der Waals surface area contributed by atoms with Gasteiger partial charge in [-0.3, -0.25) is 19.2 Å². The lowest BCUT2D eigenvalue weighted by Gasteiger charge is -2.39. The molecule has 3 fully saturated rings. The van der Waals surface area contributed by atoms with Gasteiger partial charge in [0.25, 0.3) is 5.91 Å². The number of amides is 3. The number of hydrogen-bond acceptors (Lipinski definition) is 7. The molecule has 2 aromatic rings. The van der Waals surface area contributed by atoms with Crippen LogP contribution >= 0.6 is 11.6 Å². The largest absolute Gasteiger partial charge is 0.455 e. The van der Waals surface area contributed by atoms with E-state index >= 15 is 0 Å². The Balaban J connectivity index is 1.52. The Hall–Kier alpha value is -3.99. The molecule has 0 aliphatic carbocycles. The molecule has 0 radical (unpaired) electrons. The zero-order chi connectivity index (χ0) is 35.5. The summed E-state index contributed by atoms with van der Waals surface area (Å²) in [4.78, 5) is 59.4. The number of halogens is 1. The van der Waals surface area contributed by atoms with Gasteiger partial charge in [-0.15, -0.1) is 13.2 Å². The monoisotopic (exact) mass is 691 g/mol. The number of nitrogens with zero attached hydrogens (tertiary/aromatic N) is 2. The predicted octanol–water partition coefficient (Wildman–Crippen LogP) is 5.07. The lowest BCUT2D eigenvalue weighted by atomic mass is 9.70.